The lowest BCUT2D eigenvalue weighted by Crippen LogP contribution is -2.55. The Morgan fingerprint density at radius 3 is 2.78 bits per heavy atom. The number of nitrogens with one attached hydrogen (secondary N) is 3. The molecule has 2 aliphatic heterocycles. The van der Waals surface area contributed by atoms with Gasteiger partial charge in [0.2, 0.25) is 0 Å². The van der Waals surface area contributed by atoms with Crippen LogP contribution in [0.4, 0.5) is 0 Å². The fourth-order valence-corrected chi connectivity index (χ4v) is 1.90. The van der Waals surface area contributed by atoms with E-state index in [1.165, 1.54) is 0 Å². The van der Waals surface area contributed by atoms with Gasteiger partial charge in [-0.15, -0.1) is 0 Å². The molecule has 8 nitrogen and oxygen atoms in total. The van der Waals surface area contributed by atoms with Gasteiger partial charge >= 0.3 is 0 Å². The van der Waals surface area contributed by atoms with Crippen molar-refractivity contribution in [3.05, 3.63) is 0 Å². The number of nitrogens with zero attached hydrogens (tertiary/aromatic N) is 1. The number of rotatable bonds is 3. The molecule has 0 spiro atoms. The zero-order chi connectivity index (χ0) is 13.1. The van der Waals surface area contributed by atoms with E-state index in [2.05, 4.69) is 33.6 Å². The summed E-state index contributed by atoms with van der Waals surface area (Å²) in [5.41, 5.74) is 19.5. The van der Waals surface area contributed by atoms with Crippen LogP contribution in [0.5, 0.6) is 0 Å². The molecule has 10 heteroatoms. The third-order valence-electron chi connectivity index (χ3n) is 2.55. The zero-order valence-electron chi connectivity index (χ0n) is 9.38. The van der Waals surface area contributed by atoms with Gasteiger partial charge in [0, 0.05) is 6.42 Å². The van der Waals surface area contributed by atoms with E-state index in [1.54, 1.807) is 0 Å². The van der Waals surface area contributed by atoms with E-state index in [-0.39, 0.29) is 22.4 Å². The maximum absolute atomic E-state index is 5.62. The second kappa shape index (κ2) is 5.71. The SMILES string of the molecule is NC(=S)N/N=C1\C[C@H](NNC(N)=S)[C@H]2CO[C@@H]1O2. The smallest absolute Gasteiger partial charge is 0.199 e. The molecule has 0 aliphatic carbocycles. The van der Waals surface area contributed by atoms with Gasteiger partial charge in [0.15, 0.2) is 16.5 Å². The topological polar surface area (TPSA) is 119 Å². The Morgan fingerprint density at radius 2 is 2.11 bits per heavy atom. The molecule has 7 N–H and O–H groups in total. The van der Waals surface area contributed by atoms with Gasteiger partial charge < -0.3 is 20.9 Å². The van der Waals surface area contributed by atoms with Crippen LogP contribution in [0.3, 0.4) is 0 Å². The Balaban J connectivity index is 1.98. The summed E-state index contributed by atoms with van der Waals surface area (Å²) in [4.78, 5) is 0. The highest BCUT2D eigenvalue weighted by molar-refractivity contribution is 7.80. The van der Waals surface area contributed by atoms with Crippen LogP contribution in [0, 0.1) is 0 Å². The van der Waals surface area contributed by atoms with Crippen molar-refractivity contribution >= 4 is 40.4 Å². The van der Waals surface area contributed by atoms with Gasteiger partial charge in [0.05, 0.1) is 18.4 Å². The standard InChI is InChI=1S/C8H14N6O2S2/c9-7(17)13-11-3-1-4(12-14-8(10)18)6-15-2-5(3)16-6/h3,5-6,11H,1-2H2,(H3,9,13,17)(H3,10,14,18)/b12-4+/t3-,5+,6+/m0/s1. The van der Waals surface area contributed by atoms with E-state index in [0.717, 1.165) is 0 Å². The predicted octanol–water partition coefficient (Wildman–Crippen LogP) is -1.97. The summed E-state index contributed by atoms with van der Waals surface area (Å²) >= 11 is 9.40. The highest BCUT2D eigenvalue weighted by Gasteiger charge is 2.42. The van der Waals surface area contributed by atoms with Crippen molar-refractivity contribution in [3.8, 4) is 0 Å². The van der Waals surface area contributed by atoms with Crippen LogP contribution in [0.25, 0.3) is 0 Å². The van der Waals surface area contributed by atoms with Gasteiger partial charge in [0.25, 0.3) is 0 Å². The van der Waals surface area contributed by atoms with Crippen molar-refractivity contribution in [2.24, 2.45) is 16.6 Å². The molecule has 0 radical (unpaired) electrons. The number of nitrogens with two attached hydrogens (primary N) is 2. The maximum Gasteiger partial charge on any atom is 0.199 e. The van der Waals surface area contributed by atoms with Gasteiger partial charge in [-0.05, 0) is 24.4 Å². The second-order valence-electron chi connectivity index (χ2n) is 3.86. The minimum atomic E-state index is -0.445. The third-order valence-corrected chi connectivity index (χ3v) is 2.74. The van der Waals surface area contributed by atoms with Crippen LogP contribution < -0.4 is 27.7 Å². The van der Waals surface area contributed by atoms with Gasteiger partial charge in [-0.2, -0.15) is 5.10 Å². The number of hydrogen-bond donors (Lipinski definition) is 5. The van der Waals surface area contributed by atoms with Crippen LogP contribution in [0.1, 0.15) is 6.42 Å². The summed E-state index contributed by atoms with van der Waals surface area (Å²) in [5, 5.41) is 4.31. The summed E-state index contributed by atoms with van der Waals surface area (Å²) < 4.78 is 11.1. The highest BCUT2D eigenvalue weighted by atomic mass is 32.1. The molecule has 2 fully saturated rings. The zero-order valence-corrected chi connectivity index (χ0v) is 11.0. The summed E-state index contributed by atoms with van der Waals surface area (Å²) in [6.45, 7) is 0.480. The fourth-order valence-electron chi connectivity index (χ4n) is 1.79. The minimum absolute atomic E-state index is 0.0443. The summed E-state index contributed by atoms with van der Waals surface area (Å²) in [7, 11) is 0. The lowest BCUT2D eigenvalue weighted by molar-refractivity contribution is -0.0263. The Kier molecular flexibility index (Phi) is 4.24. The van der Waals surface area contributed by atoms with Crippen molar-refractivity contribution in [1.29, 1.82) is 0 Å². The number of thiocarbonyl (C=S) groups is 2. The van der Waals surface area contributed by atoms with Crippen molar-refractivity contribution in [2.75, 3.05) is 6.61 Å². The van der Waals surface area contributed by atoms with E-state index in [0.29, 0.717) is 18.7 Å². The van der Waals surface area contributed by atoms with Crippen LogP contribution in [0.2, 0.25) is 0 Å². The van der Waals surface area contributed by atoms with E-state index in [4.69, 9.17) is 33.2 Å². The Bertz CT molecular complexity index is 390. The molecule has 3 atom stereocenters. The molecule has 2 saturated heterocycles. The van der Waals surface area contributed by atoms with Crippen molar-refractivity contribution in [3.63, 3.8) is 0 Å². The molecular formula is C8H14N6O2S2. The first-order chi connectivity index (χ1) is 8.56. The molecule has 0 amide bonds. The molecule has 100 valence electrons. The highest BCUT2D eigenvalue weighted by Crippen LogP contribution is 2.25. The number of ether oxygens (including phenoxy) is 2. The quantitative estimate of drug-likeness (QED) is 0.298. The average Bonchev–Trinajstić information content (AvgIpc) is 2.71. The van der Waals surface area contributed by atoms with Crippen molar-refractivity contribution < 1.29 is 9.47 Å². The lowest BCUT2D eigenvalue weighted by Gasteiger charge is -2.29. The van der Waals surface area contributed by atoms with E-state index in [1.807, 2.05) is 0 Å². The van der Waals surface area contributed by atoms with Gasteiger partial charge in [0.1, 0.15) is 6.10 Å². The Hall–Kier alpha value is -1.07. The molecule has 18 heavy (non-hydrogen) atoms. The number of hydrazone groups is 1. The van der Waals surface area contributed by atoms with Crippen molar-refractivity contribution in [2.45, 2.75) is 24.9 Å². The Labute approximate surface area is 114 Å². The van der Waals surface area contributed by atoms with E-state index >= 15 is 0 Å². The maximum atomic E-state index is 5.62. The van der Waals surface area contributed by atoms with Crippen LogP contribution in [-0.4, -0.2) is 41.0 Å². The van der Waals surface area contributed by atoms with Crippen LogP contribution >= 0.6 is 24.4 Å². The molecule has 2 aliphatic rings. The minimum Gasteiger partial charge on any atom is -0.375 e. The van der Waals surface area contributed by atoms with Crippen LogP contribution in [-0.2, 0) is 9.47 Å². The number of hydrazine groups is 1. The first-order valence-corrected chi connectivity index (χ1v) is 6.08. The van der Waals surface area contributed by atoms with Gasteiger partial charge in [-0.3, -0.25) is 10.9 Å². The molecule has 2 bridgehead atoms. The summed E-state index contributed by atoms with van der Waals surface area (Å²) in [6, 6.07) is -0.0443. The summed E-state index contributed by atoms with van der Waals surface area (Å²) in [5.74, 6) is 0. The van der Waals surface area contributed by atoms with Gasteiger partial charge in [-0.1, -0.05) is 0 Å². The predicted molar refractivity (Wildman–Crippen MR) is 73.4 cm³/mol. The van der Waals surface area contributed by atoms with Gasteiger partial charge in [-0.25, -0.2) is 5.43 Å². The molecule has 2 rings (SSSR count). The molecule has 0 aromatic rings. The average molecular weight is 290 g/mol. The largest absolute Gasteiger partial charge is 0.375 e. The molecule has 2 heterocycles. The molecule has 0 aromatic carbocycles. The molecule has 0 saturated carbocycles. The summed E-state index contributed by atoms with van der Waals surface area (Å²) in [6.07, 6.45) is 0.0981. The molecule has 0 unspecified atom stereocenters. The van der Waals surface area contributed by atoms with E-state index < -0.39 is 6.29 Å². The monoisotopic (exact) mass is 290 g/mol. The molecule has 0 aromatic heterocycles. The first kappa shape index (κ1) is 13.4. The number of hydrogen-bond acceptors (Lipinski definition) is 6. The van der Waals surface area contributed by atoms with Crippen molar-refractivity contribution in [1.82, 2.24) is 16.3 Å². The fraction of sp³-hybridized carbons (Fsp3) is 0.625. The normalized spacial score (nSPS) is 32.2. The number of fused-ring (bicyclic) bond motifs is 2. The second-order valence-corrected chi connectivity index (χ2v) is 4.74. The van der Waals surface area contributed by atoms with E-state index in [9.17, 15) is 0 Å². The first-order valence-electron chi connectivity index (χ1n) is 5.26. The Morgan fingerprint density at radius 1 is 1.33 bits per heavy atom. The van der Waals surface area contributed by atoms with Crippen LogP contribution in [0.15, 0.2) is 5.10 Å². The molecular weight excluding hydrogens is 276 g/mol. The third kappa shape index (κ3) is 3.23. The lowest BCUT2D eigenvalue weighted by atomic mass is 10.0.